The molecule has 1 atom stereocenters. The van der Waals surface area contributed by atoms with E-state index in [1.54, 1.807) is 6.92 Å². The number of carbonyl (C=O) groups is 1. The van der Waals surface area contributed by atoms with Crippen molar-refractivity contribution in [1.29, 1.82) is 0 Å². The molecule has 1 aromatic heterocycles. The Morgan fingerprint density at radius 2 is 1.96 bits per heavy atom. The lowest BCUT2D eigenvalue weighted by Crippen LogP contribution is -2.41. The Balaban J connectivity index is 2.12. The maximum Gasteiger partial charge on any atom is 0.246 e. The highest BCUT2D eigenvalue weighted by Gasteiger charge is 2.28. The minimum absolute atomic E-state index is 0.0940. The maximum atomic E-state index is 13.5. The first-order chi connectivity index (χ1) is 11.1. The maximum absolute atomic E-state index is 13.5. The van der Waals surface area contributed by atoms with Gasteiger partial charge in [0.2, 0.25) is 15.9 Å². The van der Waals surface area contributed by atoms with Crippen molar-refractivity contribution in [3.63, 3.8) is 0 Å². The summed E-state index contributed by atoms with van der Waals surface area (Å²) in [5.74, 6) is -0.946. The Morgan fingerprint density at radius 3 is 2.50 bits per heavy atom. The second-order valence-electron chi connectivity index (χ2n) is 5.45. The standard InChI is InChI=1S/C15H18FN3O4S/c1-8-5-6-12(7-13(8)16)17-15(20)10(3)19-24(21,22)14-9(2)18-23-11(14)4/h5-7,10,19H,1-4H3,(H,17,20)/t10-/m0/s1. The molecule has 0 radical (unpaired) electrons. The highest BCUT2D eigenvalue weighted by Crippen LogP contribution is 2.19. The van der Waals surface area contributed by atoms with Crippen LogP contribution in [0.25, 0.3) is 0 Å². The van der Waals surface area contributed by atoms with Crippen LogP contribution in [0.5, 0.6) is 0 Å². The van der Waals surface area contributed by atoms with Crippen LogP contribution in [0, 0.1) is 26.6 Å². The van der Waals surface area contributed by atoms with Crippen LogP contribution in [0.15, 0.2) is 27.6 Å². The van der Waals surface area contributed by atoms with Gasteiger partial charge >= 0.3 is 0 Å². The van der Waals surface area contributed by atoms with Crippen molar-refractivity contribution in [1.82, 2.24) is 9.88 Å². The molecule has 2 aromatic rings. The normalized spacial score (nSPS) is 12.9. The number of halogens is 1. The fourth-order valence-corrected chi connectivity index (χ4v) is 3.66. The van der Waals surface area contributed by atoms with Gasteiger partial charge in [-0.1, -0.05) is 11.2 Å². The molecule has 1 aromatic carbocycles. The molecule has 7 nitrogen and oxygen atoms in total. The molecule has 0 saturated carbocycles. The van der Waals surface area contributed by atoms with E-state index in [1.807, 2.05) is 0 Å². The third-order valence-corrected chi connectivity index (χ3v) is 5.19. The van der Waals surface area contributed by atoms with Crippen molar-refractivity contribution in [3.05, 3.63) is 41.0 Å². The highest BCUT2D eigenvalue weighted by atomic mass is 32.2. The van der Waals surface area contributed by atoms with Gasteiger partial charge in [0.1, 0.15) is 16.4 Å². The Labute approximate surface area is 139 Å². The number of hydrogen-bond acceptors (Lipinski definition) is 5. The summed E-state index contributed by atoms with van der Waals surface area (Å²) >= 11 is 0. The molecule has 1 amide bonds. The fourth-order valence-electron chi connectivity index (χ4n) is 2.12. The number of amides is 1. The minimum atomic E-state index is -3.97. The van der Waals surface area contributed by atoms with E-state index in [1.165, 1.54) is 39.0 Å². The minimum Gasteiger partial charge on any atom is -0.360 e. The van der Waals surface area contributed by atoms with Crippen LogP contribution in [0.2, 0.25) is 0 Å². The summed E-state index contributed by atoms with van der Waals surface area (Å²) in [4.78, 5) is 12.0. The molecule has 0 spiro atoms. The molecule has 0 aliphatic heterocycles. The second-order valence-corrected chi connectivity index (χ2v) is 7.10. The van der Waals surface area contributed by atoms with Gasteiger partial charge in [0.15, 0.2) is 5.76 Å². The lowest BCUT2D eigenvalue weighted by molar-refractivity contribution is -0.117. The monoisotopic (exact) mass is 355 g/mol. The molecular weight excluding hydrogens is 337 g/mol. The van der Waals surface area contributed by atoms with Gasteiger partial charge in [-0.3, -0.25) is 4.79 Å². The predicted molar refractivity (Wildman–Crippen MR) is 85.5 cm³/mol. The second kappa shape index (κ2) is 6.70. The average molecular weight is 355 g/mol. The molecule has 24 heavy (non-hydrogen) atoms. The number of carbonyl (C=O) groups excluding carboxylic acids is 1. The van der Waals surface area contributed by atoms with Crippen molar-refractivity contribution < 1.29 is 22.1 Å². The number of nitrogens with one attached hydrogen (secondary N) is 2. The van der Waals surface area contributed by atoms with Gasteiger partial charge in [-0.05, 0) is 45.4 Å². The van der Waals surface area contributed by atoms with Gasteiger partial charge in [-0.25, -0.2) is 12.8 Å². The zero-order valence-electron chi connectivity index (χ0n) is 13.7. The Morgan fingerprint density at radius 1 is 1.29 bits per heavy atom. The summed E-state index contributed by atoms with van der Waals surface area (Å²) in [5.41, 5.74) is 0.889. The average Bonchev–Trinajstić information content (AvgIpc) is 2.82. The van der Waals surface area contributed by atoms with Crippen molar-refractivity contribution in [2.45, 2.75) is 38.6 Å². The quantitative estimate of drug-likeness (QED) is 0.855. The third kappa shape index (κ3) is 3.80. The first-order valence-electron chi connectivity index (χ1n) is 7.14. The highest BCUT2D eigenvalue weighted by molar-refractivity contribution is 7.89. The Hall–Kier alpha value is -2.26. The summed E-state index contributed by atoms with van der Waals surface area (Å²) in [6.07, 6.45) is 0. The van der Waals surface area contributed by atoms with Crippen molar-refractivity contribution in [2.75, 3.05) is 5.32 Å². The van der Waals surface area contributed by atoms with Crippen LogP contribution >= 0.6 is 0 Å². The van der Waals surface area contributed by atoms with E-state index in [0.29, 0.717) is 5.56 Å². The first-order valence-corrected chi connectivity index (χ1v) is 8.62. The smallest absolute Gasteiger partial charge is 0.246 e. The van der Waals surface area contributed by atoms with Gasteiger partial charge in [0, 0.05) is 5.69 Å². The molecule has 130 valence electrons. The van der Waals surface area contributed by atoms with Gasteiger partial charge in [-0.2, -0.15) is 4.72 Å². The SMILES string of the molecule is Cc1ccc(NC(=O)[C@H](C)NS(=O)(=O)c2c(C)noc2C)cc1F. The lowest BCUT2D eigenvalue weighted by Gasteiger charge is -2.14. The number of hydrogen-bond donors (Lipinski definition) is 2. The lowest BCUT2D eigenvalue weighted by atomic mass is 10.2. The molecule has 9 heteroatoms. The Bertz CT molecular complexity index is 857. The molecule has 0 saturated heterocycles. The van der Waals surface area contributed by atoms with Crippen molar-refractivity contribution >= 4 is 21.6 Å². The van der Waals surface area contributed by atoms with Gasteiger partial charge in [0.05, 0.1) is 6.04 Å². The van der Waals surface area contributed by atoms with E-state index in [2.05, 4.69) is 15.2 Å². The Kier molecular flexibility index (Phi) is 5.05. The number of rotatable bonds is 5. The molecule has 2 N–H and O–H groups in total. The van der Waals surface area contributed by atoms with Crippen LogP contribution in [0.1, 0.15) is 23.9 Å². The molecular formula is C15H18FN3O4S. The van der Waals surface area contributed by atoms with E-state index in [-0.39, 0.29) is 22.0 Å². The molecule has 0 unspecified atom stereocenters. The third-order valence-electron chi connectivity index (χ3n) is 3.40. The van der Waals surface area contributed by atoms with Gasteiger partial charge < -0.3 is 9.84 Å². The number of nitrogens with zero attached hydrogens (tertiary/aromatic N) is 1. The number of benzene rings is 1. The molecule has 1 heterocycles. The van der Waals surface area contributed by atoms with Crippen molar-refractivity contribution in [2.24, 2.45) is 0 Å². The van der Waals surface area contributed by atoms with Crippen LogP contribution in [0.4, 0.5) is 10.1 Å². The zero-order chi connectivity index (χ0) is 18.1. The summed E-state index contributed by atoms with van der Waals surface area (Å²) in [6, 6.07) is 3.14. The van der Waals surface area contributed by atoms with E-state index in [9.17, 15) is 17.6 Å². The largest absolute Gasteiger partial charge is 0.360 e. The predicted octanol–water partition coefficient (Wildman–Crippen LogP) is 2.04. The van der Waals surface area contributed by atoms with Crippen LogP contribution in [-0.4, -0.2) is 25.5 Å². The molecule has 0 aliphatic rings. The van der Waals surface area contributed by atoms with Crippen LogP contribution in [0.3, 0.4) is 0 Å². The van der Waals surface area contributed by atoms with E-state index < -0.39 is 27.8 Å². The van der Waals surface area contributed by atoms with Crippen LogP contribution < -0.4 is 10.0 Å². The van der Waals surface area contributed by atoms with E-state index in [0.717, 1.165) is 0 Å². The van der Waals surface area contributed by atoms with Crippen molar-refractivity contribution in [3.8, 4) is 0 Å². The molecule has 0 aliphatic carbocycles. The summed E-state index contributed by atoms with van der Waals surface area (Å²) in [7, 11) is -3.97. The first kappa shape index (κ1) is 18.1. The number of sulfonamides is 1. The van der Waals surface area contributed by atoms with E-state index in [4.69, 9.17) is 4.52 Å². The van der Waals surface area contributed by atoms with Crippen LogP contribution in [-0.2, 0) is 14.8 Å². The van der Waals surface area contributed by atoms with Gasteiger partial charge in [-0.15, -0.1) is 0 Å². The molecule has 0 fully saturated rings. The molecule has 0 bridgehead atoms. The van der Waals surface area contributed by atoms with E-state index >= 15 is 0 Å². The molecule has 2 rings (SSSR count). The number of anilines is 1. The summed E-state index contributed by atoms with van der Waals surface area (Å²) in [6.45, 7) is 5.94. The number of aromatic nitrogens is 1. The zero-order valence-corrected chi connectivity index (χ0v) is 14.5. The van der Waals surface area contributed by atoms with Gasteiger partial charge in [0.25, 0.3) is 0 Å². The summed E-state index contributed by atoms with van der Waals surface area (Å²) < 4.78 is 45.3. The number of aryl methyl sites for hydroxylation is 3. The summed E-state index contributed by atoms with van der Waals surface area (Å²) in [5, 5.41) is 6.05. The fraction of sp³-hybridized carbons (Fsp3) is 0.333. The topological polar surface area (TPSA) is 101 Å².